The van der Waals surface area contributed by atoms with E-state index in [2.05, 4.69) is 12.2 Å². The minimum absolute atomic E-state index is 0.158. The summed E-state index contributed by atoms with van der Waals surface area (Å²) in [5.41, 5.74) is 1.15. The quantitative estimate of drug-likeness (QED) is 0.641. The van der Waals surface area contributed by atoms with Crippen LogP contribution in [0.2, 0.25) is 0 Å². The van der Waals surface area contributed by atoms with E-state index in [9.17, 15) is 10.1 Å². The number of non-ortho nitro benzene ring substituents is 1. The summed E-state index contributed by atoms with van der Waals surface area (Å²) in [5, 5.41) is 14.5. The molecule has 110 valence electrons. The van der Waals surface area contributed by atoms with Crippen molar-refractivity contribution in [3.63, 3.8) is 0 Å². The van der Waals surface area contributed by atoms with Crippen molar-refractivity contribution in [3.8, 4) is 0 Å². The molecule has 0 amide bonds. The van der Waals surface area contributed by atoms with Crippen LogP contribution in [-0.4, -0.2) is 24.2 Å². The van der Waals surface area contributed by atoms with Crippen LogP contribution in [0.3, 0.4) is 0 Å². The Hall–Kier alpha value is -1.46. The predicted molar refractivity (Wildman–Crippen MR) is 77.7 cm³/mol. The molecule has 5 heteroatoms. The Labute approximate surface area is 119 Å². The molecule has 1 aromatic carbocycles. The van der Waals surface area contributed by atoms with Crippen molar-refractivity contribution < 1.29 is 9.66 Å². The number of rotatable bonds is 6. The van der Waals surface area contributed by atoms with Gasteiger partial charge < -0.3 is 10.1 Å². The van der Waals surface area contributed by atoms with Crippen molar-refractivity contribution in [1.82, 2.24) is 5.32 Å². The first-order valence-electron chi connectivity index (χ1n) is 7.29. The lowest BCUT2D eigenvalue weighted by atomic mass is 9.99. The average molecular weight is 278 g/mol. The molecule has 5 nitrogen and oxygen atoms in total. The fourth-order valence-electron chi connectivity index (χ4n) is 2.65. The summed E-state index contributed by atoms with van der Waals surface area (Å²) in [7, 11) is 0. The van der Waals surface area contributed by atoms with Crippen LogP contribution >= 0.6 is 0 Å². The van der Waals surface area contributed by atoms with Crippen molar-refractivity contribution in [2.45, 2.75) is 44.7 Å². The molecule has 1 heterocycles. The molecule has 2 rings (SSSR count). The van der Waals surface area contributed by atoms with Crippen molar-refractivity contribution in [2.75, 3.05) is 13.2 Å². The molecule has 1 aliphatic rings. The lowest BCUT2D eigenvalue weighted by Gasteiger charge is -2.28. The lowest BCUT2D eigenvalue weighted by Crippen LogP contribution is -2.39. The molecule has 0 radical (unpaired) electrons. The van der Waals surface area contributed by atoms with Gasteiger partial charge in [0.05, 0.1) is 11.5 Å². The first-order valence-corrected chi connectivity index (χ1v) is 7.29. The molecule has 20 heavy (non-hydrogen) atoms. The largest absolute Gasteiger partial charge is 0.380 e. The van der Waals surface area contributed by atoms with E-state index in [-0.39, 0.29) is 16.7 Å². The summed E-state index contributed by atoms with van der Waals surface area (Å²) in [6, 6.07) is 7.44. The van der Waals surface area contributed by atoms with E-state index in [1.54, 1.807) is 12.1 Å². The van der Waals surface area contributed by atoms with Crippen molar-refractivity contribution >= 4 is 5.69 Å². The van der Waals surface area contributed by atoms with Crippen LogP contribution in [-0.2, 0) is 4.74 Å². The van der Waals surface area contributed by atoms with Crippen LogP contribution in [0.25, 0.3) is 0 Å². The van der Waals surface area contributed by atoms with Gasteiger partial charge in [-0.05, 0) is 24.8 Å². The number of nitrogens with one attached hydrogen (secondary N) is 1. The third-order valence-electron chi connectivity index (χ3n) is 3.66. The molecule has 2 unspecified atom stereocenters. The highest BCUT2D eigenvalue weighted by molar-refractivity contribution is 5.35. The fourth-order valence-corrected chi connectivity index (χ4v) is 2.65. The topological polar surface area (TPSA) is 64.4 Å². The van der Waals surface area contributed by atoms with Crippen LogP contribution in [0, 0.1) is 10.1 Å². The first-order chi connectivity index (χ1) is 9.70. The second-order valence-corrected chi connectivity index (χ2v) is 5.27. The van der Waals surface area contributed by atoms with Gasteiger partial charge in [-0.15, -0.1) is 0 Å². The number of nitrogens with zero attached hydrogens (tertiary/aromatic N) is 1. The van der Waals surface area contributed by atoms with Crippen LogP contribution in [0.15, 0.2) is 24.3 Å². The Morgan fingerprint density at radius 3 is 3.05 bits per heavy atom. The van der Waals surface area contributed by atoms with E-state index in [0.717, 1.165) is 44.5 Å². The fraction of sp³-hybridized carbons (Fsp3) is 0.600. The Kier molecular flexibility index (Phi) is 5.49. The molecule has 0 saturated carbocycles. The van der Waals surface area contributed by atoms with Gasteiger partial charge in [0.15, 0.2) is 0 Å². The Morgan fingerprint density at radius 1 is 1.55 bits per heavy atom. The molecule has 1 aromatic rings. The number of nitro benzene ring substituents is 1. The molecule has 1 fully saturated rings. The van der Waals surface area contributed by atoms with Gasteiger partial charge in [-0.1, -0.05) is 25.5 Å². The maximum absolute atomic E-state index is 10.9. The number of hydrogen-bond donors (Lipinski definition) is 1. The van der Waals surface area contributed by atoms with Gasteiger partial charge >= 0.3 is 0 Å². The third-order valence-corrected chi connectivity index (χ3v) is 3.66. The van der Waals surface area contributed by atoms with E-state index in [1.165, 1.54) is 6.07 Å². The normalized spacial score (nSPS) is 20.6. The zero-order chi connectivity index (χ0) is 14.4. The van der Waals surface area contributed by atoms with E-state index in [1.807, 2.05) is 6.07 Å². The van der Waals surface area contributed by atoms with Gasteiger partial charge in [-0.3, -0.25) is 10.1 Å². The van der Waals surface area contributed by atoms with Crippen LogP contribution in [0.1, 0.15) is 44.2 Å². The van der Waals surface area contributed by atoms with E-state index in [4.69, 9.17) is 4.74 Å². The SMILES string of the molecule is CCCC(NC1CCCOC1)c1cccc([N+](=O)[O-])c1. The molecular weight excluding hydrogens is 256 g/mol. The highest BCUT2D eigenvalue weighted by Gasteiger charge is 2.20. The molecule has 1 aliphatic heterocycles. The van der Waals surface area contributed by atoms with Crippen molar-refractivity contribution in [1.29, 1.82) is 0 Å². The van der Waals surface area contributed by atoms with E-state index >= 15 is 0 Å². The molecule has 0 spiro atoms. The summed E-state index contributed by atoms with van der Waals surface area (Å²) >= 11 is 0. The van der Waals surface area contributed by atoms with Crippen molar-refractivity contribution in [3.05, 3.63) is 39.9 Å². The van der Waals surface area contributed by atoms with Gasteiger partial charge in [0.1, 0.15) is 0 Å². The minimum atomic E-state index is -0.337. The molecule has 0 aromatic heterocycles. The maximum Gasteiger partial charge on any atom is 0.269 e. The van der Waals surface area contributed by atoms with Gasteiger partial charge in [0.25, 0.3) is 5.69 Å². The predicted octanol–water partition coefficient (Wildman–Crippen LogP) is 3.20. The summed E-state index contributed by atoms with van der Waals surface area (Å²) in [5.74, 6) is 0. The Bertz CT molecular complexity index is 444. The molecule has 1 saturated heterocycles. The van der Waals surface area contributed by atoms with E-state index in [0.29, 0.717) is 6.04 Å². The van der Waals surface area contributed by atoms with Gasteiger partial charge in [0.2, 0.25) is 0 Å². The van der Waals surface area contributed by atoms with Gasteiger partial charge in [0, 0.05) is 30.8 Å². The monoisotopic (exact) mass is 278 g/mol. The zero-order valence-electron chi connectivity index (χ0n) is 11.9. The molecule has 1 N–H and O–H groups in total. The number of benzene rings is 1. The standard InChI is InChI=1S/C15H22N2O3/c1-2-5-15(16-13-7-4-9-20-11-13)12-6-3-8-14(10-12)17(18)19/h3,6,8,10,13,15-16H,2,4-5,7,9,11H2,1H3. The lowest BCUT2D eigenvalue weighted by molar-refractivity contribution is -0.384. The second-order valence-electron chi connectivity index (χ2n) is 5.27. The molecule has 0 bridgehead atoms. The smallest absolute Gasteiger partial charge is 0.269 e. The summed E-state index contributed by atoms with van der Waals surface area (Å²) in [6.07, 6.45) is 4.19. The average Bonchev–Trinajstić information content (AvgIpc) is 2.48. The van der Waals surface area contributed by atoms with Crippen molar-refractivity contribution in [2.24, 2.45) is 0 Å². The third kappa shape index (κ3) is 4.02. The highest BCUT2D eigenvalue weighted by Crippen LogP contribution is 2.24. The Balaban J connectivity index is 2.10. The summed E-state index contributed by atoms with van der Waals surface area (Å²) < 4.78 is 5.49. The second kappa shape index (κ2) is 7.36. The van der Waals surface area contributed by atoms with Crippen LogP contribution in [0.4, 0.5) is 5.69 Å². The Morgan fingerprint density at radius 2 is 2.40 bits per heavy atom. The van der Waals surface area contributed by atoms with E-state index < -0.39 is 0 Å². The minimum Gasteiger partial charge on any atom is -0.380 e. The number of hydrogen-bond acceptors (Lipinski definition) is 4. The number of ether oxygens (including phenoxy) is 1. The molecular formula is C15H22N2O3. The van der Waals surface area contributed by atoms with Crippen LogP contribution in [0.5, 0.6) is 0 Å². The zero-order valence-corrected chi connectivity index (χ0v) is 11.9. The summed E-state index contributed by atoms with van der Waals surface area (Å²) in [6.45, 7) is 3.70. The van der Waals surface area contributed by atoms with Gasteiger partial charge in [-0.2, -0.15) is 0 Å². The van der Waals surface area contributed by atoms with Crippen LogP contribution < -0.4 is 5.32 Å². The van der Waals surface area contributed by atoms with Gasteiger partial charge in [-0.25, -0.2) is 0 Å². The number of nitro groups is 1. The summed E-state index contributed by atoms with van der Waals surface area (Å²) in [4.78, 5) is 10.6. The molecule has 2 atom stereocenters. The molecule has 0 aliphatic carbocycles. The highest BCUT2D eigenvalue weighted by atomic mass is 16.6. The first kappa shape index (κ1) is 14.9. The maximum atomic E-state index is 10.9.